The summed E-state index contributed by atoms with van der Waals surface area (Å²) in [5.41, 5.74) is 2.58. The Hall–Kier alpha value is -0.380. The second kappa shape index (κ2) is 7.41. The zero-order valence-electron chi connectivity index (χ0n) is 11.9. The summed E-state index contributed by atoms with van der Waals surface area (Å²) in [6, 6.07) is 6.61. The highest BCUT2D eigenvalue weighted by Crippen LogP contribution is 2.34. The molecule has 1 saturated heterocycles. The molecule has 2 nitrogen and oxygen atoms in total. The van der Waals surface area contributed by atoms with Gasteiger partial charge in [0.1, 0.15) is 0 Å². The topological polar surface area (TPSA) is 21.3 Å². The summed E-state index contributed by atoms with van der Waals surface area (Å²) in [6.45, 7) is 7.38. The van der Waals surface area contributed by atoms with Crippen LogP contribution in [0.3, 0.4) is 0 Å². The summed E-state index contributed by atoms with van der Waals surface area (Å²) in [5.74, 6) is 0.593. The number of aryl methyl sites for hydroxylation is 1. The maximum atomic E-state index is 6.04. The third kappa shape index (κ3) is 4.04. The van der Waals surface area contributed by atoms with Crippen molar-refractivity contribution in [1.82, 2.24) is 5.32 Å². The fourth-order valence-corrected chi connectivity index (χ4v) is 3.07. The van der Waals surface area contributed by atoms with E-state index in [-0.39, 0.29) is 6.10 Å². The molecule has 2 rings (SSSR count). The smallest absolute Gasteiger partial charge is 0.0865 e. The van der Waals surface area contributed by atoms with E-state index in [1.807, 2.05) is 0 Å². The van der Waals surface area contributed by atoms with Crippen LogP contribution in [0.2, 0.25) is 0 Å². The molecule has 1 aliphatic rings. The van der Waals surface area contributed by atoms with Crippen LogP contribution in [-0.4, -0.2) is 19.7 Å². The largest absolute Gasteiger partial charge is 0.373 e. The molecule has 1 aromatic rings. The summed E-state index contributed by atoms with van der Waals surface area (Å²) in [5, 5.41) is 3.54. The average molecular weight is 326 g/mol. The minimum Gasteiger partial charge on any atom is -0.373 e. The van der Waals surface area contributed by atoms with Crippen molar-refractivity contribution in [3.05, 3.63) is 33.8 Å². The molecular formula is C16H24BrNO. The molecule has 1 N–H and O–H groups in total. The Morgan fingerprint density at radius 1 is 1.42 bits per heavy atom. The predicted octanol–water partition coefficient (Wildman–Crippen LogP) is 4.22. The standard InChI is InChI=1S/C16H24BrNO/c1-3-8-18-11-14-5-4-9-19-16(14)13-7-6-12(2)15(17)10-13/h6-7,10,14,16,18H,3-5,8-9,11H2,1-2H3. The number of hydrogen-bond donors (Lipinski definition) is 1. The maximum absolute atomic E-state index is 6.04. The third-order valence-electron chi connectivity index (χ3n) is 3.80. The minimum atomic E-state index is 0.245. The van der Waals surface area contributed by atoms with Crippen molar-refractivity contribution < 1.29 is 4.74 Å². The fourth-order valence-electron chi connectivity index (χ4n) is 2.67. The van der Waals surface area contributed by atoms with E-state index < -0.39 is 0 Å². The van der Waals surface area contributed by atoms with Gasteiger partial charge < -0.3 is 10.1 Å². The molecule has 3 heteroatoms. The van der Waals surface area contributed by atoms with Crippen LogP contribution in [0, 0.1) is 12.8 Å². The van der Waals surface area contributed by atoms with E-state index in [0.29, 0.717) is 5.92 Å². The van der Waals surface area contributed by atoms with E-state index in [0.717, 1.165) is 19.7 Å². The molecule has 0 spiro atoms. The average Bonchev–Trinajstić information content (AvgIpc) is 2.43. The van der Waals surface area contributed by atoms with Gasteiger partial charge in [-0.25, -0.2) is 0 Å². The van der Waals surface area contributed by atoms with Gasteiger partial charge in [-0.1, -0.05) is 35.0 Å². The van der Waals surface area contributed by atoms with Crippen molar-refractivity contribution in [1.29, 1.82) is 0 Å². The van der Waals surface area contributed by atoms with Crippen molar-refractivity contribution in [2.75, 3.05) is 19.7 Å². The Bertz CT molecular complexity index is 408. The van der Waals surface area contributed by atoms with Crippen LogP contribution < -0.4 is 5.32 Å². The van der Waals surface area contributed by atoms with Gasteiger partial charge in [0, 0.05) is 23.5 Å². The molecule has 0 amide bonds. The molecule has 19 heavy (non-hydrogen) atoms. The summed E-state index contributed by atoms with van der Waals surface area (Å²) >= 11 is 3.63. The molecule has 1 aliphatic heterocycles. The molecule has 2 unspecified atom stereocenters. The van der Waals surface area contributed by atoms with Gasteiger partial charge in [0.25, 0.3) is 0 Å². The highest BCUT2D eigenvalue weighted by Gasteiger charge is 2.27. The fraction of sp³-hybridized carbons (Fsp3) is 0.625. The van der Waals surface area contributed by atoms with Crippen LogP contribution in [0.1, 0.15) is 43.4 Å². The lowest BCUT2D eigenvalue weighted by Gasteiger charge is -2.32. The van der Waals surface area contributed by atoms with E-state index in [9.17, 15) is 0 Å². The molecule has 1 heterocycles. The third-order valence-corrected chi connectivity index (χ3v) is 4.66. The van der Waals surface area contributed by atoms with E-state index in [4.69, 9.17) is 4.74 Å². The van der Waals surface area contributed by atoms with Gasteiger partial charge in [0.2, 0.25) is 0 Å². The molecule has 1 fully saturated rings. The number of halogens is 1. The first-order valence-electron chi connectivity index (χ1n) is 7.30. The van der Waals surface area contributed by atoms with Crippen LogP contribution >= 0.6 is 15.9 Å². The lowest BCUT2D eigenvalue weighted by atomic mass is 9.89. The second-order valence-electron chi connectivity index (χ2n) is 5.41. The Kier molecular flexibility index (Phi) is 5.86. The van der Waals surface area contributed by atoms with Gasteiger partial charge in [0.15, 0.2) is 0 Å². The van der Waals surface area contributed by atoms with Crippen molar-refractivity contribution >= 4 is 15.9 Å². The van der Waals surface area contributed by atoms with Crippen LogP contribution in [0.25, 0.3) is 0 Å². The quantitative estimate of drug-likeness (QED) is 0.818. The van der Waals surface area contributed by atoms with Gasteiger partial charge >= 0.3 is 0 Å². The molecule has 0 aromatic heterocycles. The second-order valence-corrected chi connectivity index (χ2v) is 6.26. The summed E-state index contributed by atoms with van der Waals surface area (Å²) < 4.78 is 7.22. The van der Waals surface area contributed by atoms with E-state index in [1.165, 1.54) is 34.9 Å². The highest BCUT2D eigenvalue weighted by atomic mass is 79.9. The summed E-state index contributed by atoms with van der Waals surface area (Å²) in [6.07, 6.45) is 3.87. The van der Waals surface area contributed by atoms with Crippen LogP contribution in [0.4, 0.5) is 0 Å². The Morgan fingerprint density at radius 3 is 3.00 bits per heavy atom. The Balaban J connectivity index is 2.07. The van der Waals surface area contributed by atoms with Crippen LogP contribution in [0.15, 0.2) is 22.7 Å². The van der Waals surface area contributed by atoms with Gasteiger partial charge in [-0.05, 0) is 49.9 Å². The zero-order chi connectivity index (χ0) is 13.7. The SMILES string of the molecule is CCCNCC1CCCOC1c1ccc(C)c(Br)c1. The lowest BCUT2D eigenvalue weighted by molar-refractivity contribution is -0.0277. The first-order chi connectivity index (χ1) is 9.22. The number of rotatable bonds is 5. The van der Waals surface area contributed by atoms with Crippen molar-refractivity contribution in [3.8, 4) is 0 Å². The van der Waals surface area contributed by atoms with Gasteiger partial charge in [-0.15, -0.1) is 0 Å². The first kappa shape index (κ1) is 15.0. The first-order valence-corrected chi connectivity index (χ1v) is 8.10. The van der Waals surface area contributed by atoms with Crippen LogP contribution in [0.5, 0.6) is 0 Å². The van der Waals surface area contributed by atoms with Crippen molar-refractivity contribution in [2.45, 2.75) is 39.2 Å². The number of benzene rings is 1. The maximum Gasteiger partial charge on any atom is 0.0865 e. The Morgan fingerprint density at radius 2 is 2.26 bits per heavy atom. The monoisotopic (exact) mass is 325 g/mol. The molecule has 0 radical (unpaired) electrons. The van der Waals surface area contributed by atoms with Gasteiger partial charge in [0.05, 0.1) is 6.10 Å². The minimum absolute atomic E-state index is 0.245. The van der Waals surface area contributed by atoms with Crippen molar-refractivity contribution in [3.63, 3.8) is 0 Å². The van der Waals surface area contributed by atoms with Crippen molar-refractivity contribution in [2.24, 2.45) is 5.92 Å². The molecule has 0 bridgehead atoms. The Labute approximate surface area is 125 Å². The molecule has 0 aliphatic carbocycles. The number of nitrogens with one attached hydrogen (secondary N) is 1. The molecular weight excluding hydrogens is 302 g/mol. The number of ether oxygens (including phenoxy) is 1. The van der Waals surface area contributed by atoms with Crippen LogP contribution in [-0.2, 0) is 4.74 Å². The molecule has 0 saturated carbocycles. The predicted molar refractivity (Wildman–Crippen MR) is 83.5 cm³/mol. The van der Waals surface area contributed by atoms with Gasteiger partial charge in [-0.3, -0.25) is 0 Å². The highest BCUT2D eigenvalue weighted by molar-refractivity contribution is 9.10. The number of hydrogen-bond acceptors (Lipinski definition) is 2. The van der Waals surface area contributed by atoms with E-state index in [2.05, 4.69) is 53.3 Å². The molecule has 2 atom stereocenters. The molecule has 1 aromatic carbocycles. The normalized spacial score (nSPS) is 23.5. The zero-order valence-corrected chi connectivity index (χ0v) is 13.5. The van der Waals surface area contributed by atoms with E-state index in [1.54, 1.807) is 0 Å². The lowest BCUT2D eigenvalue weighted by Crippen LogP contribution is -2.32. The molecule has 106 valence electrons. The summed E-state index contributed by atoms with van der Waals surface area (Å²) in [7, 11) is 0. The van der Waals surface area contributed by atoms with E-state index >= 15 is 0 Å². The summed E-state index contributed by atoms with van der Waals surface area (Å²) in [4.78, 5) is 0. The van der Waals surface area contributed by atoms with Gasteiger partial charge in [-0.2, -0.15) is 0 Å².